The number of fused-ring (bicyclic) bond motifs is 5. The Kier molecular flexibility index (Phi) is 2.56. The van der Waals surface area contributed by atoms with E-state index in [1.165, 1.54) is 6.20 Å². The fourth-order valence-electron chi connectivity index (χ4n) is 3.05. The van der Waals surface area contributed by atoms with E-state index in [2.05, 4.69) is 4.98 Å². The van der Waals surface area contributed by atoms with Crippen LogP contribution in [-0.4, -0.2) is 21.6 Å². The summed E-state index contributed by atoms with van der Waals surface area (Å²) in [6.07, 6.45) is 4.15. The van der Waals surface area contributed by atoms with Crippen molar-refractivity contribution >= 4 is 6.09 Å². The minimum Gasteiger partial charge on any atom is -0.444 e. The van der Waals surface area contributed by atoms with Crippen molar-refractivity contribution in [3.63, 3.8) is 0 Å². The molecule has 19 heavy (non-hydrogen) atoms. The van der Waals surface area contributed by atoms with Crippen molar-refractivity contribution in [1.82, 2.24) is 9.88 Å². The number of rotatable bonds is 0. The van der Waals surface area contributed by atoms with Gasteiger partial charge in [0.15, 0.2) is 0 Å². The largest absolute Gasteiger partial charge is 0.444 e. The molecule has 1 aromatic rings. The van der Waals surface area contributed by atoms with Crippen LogP contribution in [0.15, 0.2) is 12.4 Å². The molecule has 2 unspecified atom stereocenters. The monoisotopic (exact) mass is 264 g/mol. The average Bonchev–Trinajstić information content (AvgIpc) is 2.83. The summed E-state index contributed by atoms with van der Waals surface area (Å²) in [7, 11) is 0. The van der Waals surface area contributed by atoms with E-state index < -0.39 is 5.60 Å². The lowest BCUT2D eigenvalue weighted by atomic mass is 9.93. The van der Waals surface area contributed by atoms with E-state index >= 15 is 0 Å². The third-order valence-electron chi connectivity index (χ3n) is 3.65. The van der Waals surface area contributed by atoms with Crippen molar-refractivity contribution in [2.24, 2.45) is 0 Å². The molecule has 0 saturated carbocycles. The van der Waals surface area contributed by atoms with Gasteiger partial charge in [-0.3, -0.25) is 9.88 Å². The predicted octanol–water partition coefficient (Wildman–Crippen LogP) is 3.35. The summed E-state index contributed by atoms with van der Waals surface area (Å²) in [6, 6.07) is -0.282. The lowest BCUT2D eigenvalue weighted by Crippen LogP contribution is -2.34. The summed E-state index contributed by atoms with van der Waals surface area (Å²) in [5.41, 5.74) is 0.918. The van der Waals surface area contributed by atoms with Crippen LogP contribution in [0.4, 0.5) is 9.18 Å². The Morgan fingerprint density at radius 2 is 2.05 bits per heavy atom. The molecule has 2 bridgehead atoms. The lowest BCUT2D eigenvalue weighted by molar-refractivity contribution is 0.0176. The standard InChI is InChI=1S/C14H17FN2O2/c1-14(2,3)19-13(18)17-10-4-5-11(17)12-8(10)6-16-7-9(12)15/h6-7,10-11H,4-5H2,1-3H3. The number of halogens is 1. The number of pyridine rings is 1. The zero-order valence-corrected chi connectivity index (χ0v) is 11.3. The fraction of sp³-hybridized carbons (Fsp3) is 0.571. The van der Waals surface area contributed by atoms with Crippen LogP contribution in [0.3, 0.4) is 0 Å². The Morgan fingerprint density at radius 3 is 2.68 bits per heavy atom. The van der Waals surface area contributed by atoms with E-state index in [1.807, 2.05) is 20.8 Å². The summed E-state index contributed by atoms with van der Waals surface area (Å²) in [6.45, 7) is 5.49. The van der Waals surface area contributed by atoms with Crippen LogP contribution in [0.2, 0.25) is 0 Å². The number of aromatic nitrogens is 1. The van der Waals surface area contributed by atoms with E-state index in [-0.39, 0.29) is 24.0 Å². The van der Waals surface area contributed by atoms with Gasteiger partial charge in [0.2, 0.25) is 0 Å². The van der Waals surface area contributed by atoms with Gasteiger partial charge in [0, 0.05) is 17.3 Å². The van der Waals surface area contributed by atoms with Gasteiger partial charge in [-0.15, -0.1) is 0 Å². The molecule has 0 radical (unpaired) electrons. The van der Waals surface area contributed by atoms with E-state index in [0.29, 0.717) is 5.56 Å². The highest BCUT2D eigenvalue weighted by molar-refractivity contribution is 5.72. The van der Waals surface area contributed by atoms with Crippen molar-refractivity contribution < 1.29 is 13.9 Å². The smallest absolute Gasteiger partial charge is 0.411 e. The van der Waals surface area contributed by atoms with Crippen molar-refractivity contribution in [2.75, 3.05) is 0 Å². The molecule has 1 fully saturated rings. The molecule has 0 aliphatic carbocycles. The average molecular weight is 264 g/mol. The second-order valence-electron chi connectivity index (χ2n) is 6.12. The molecule has 1 amide bonds. The summed E-state index contributed by atoms with van der Waals surface area (Å²) in [5.74, 6) is -0.321. The number of ether oxygens (including phenoxy) is 1. The molecular weight excluding hydrogens is 247 g/mol. The van der Waals surface area contributed by atoms with Gasteiger partial charge in [-0.1, -0.05) is 0 Å². The van der Waals surface area contributed by atoms with Crippen LogP contribution in [0.1, 0.15) is 56.8 Å². The second kappa shape index (κ2) is 3.92. The van der Waals surface area contributed by atoms with Crippen LogP contribution in [-0.2, 0) is 4.74 Å². The molecule has 1 aromatic heterocycles. The molecule has 0 N–H and O–H groups in total. The Bertz CT molecular complexity index is 539. The first-order chi connectivity index (χ1) is 8.88. The summed E-state index contributed by atoms with van der Waals surface area (Å²) in [4.78, 5) is 17.8. The van der Waals surface area contributed by atoms with Gasteiger partial charge in [-0.2, -0.15) is 0 Å². The Labute approximate surface area is 111 Å². The molecule has 2 aliphatic rings. The van der Waals surface area contributed by atoms with Gasteiger partial charge in [0.1, 0.15) is 11.4 Å². The molecule has 2 aliphatic heterocycles. The normalized spacial score (nSPS) is 24.5. The van der Waals surface area contributed by atoms with Crippen molar-refractivity contribution in [1.29, 1.82) is 0 Å². The number of nitrogens with zero attached hydrogens (tertiary/aromatic N) is 2. The fourth-order valence-corrected chi connectivity index (χ4v) is 3.05. The second-order valence-corrected chi connectivity index (χ2v) is 6.12. The number of hydrogen-bond acceptors (Lipinski definition) is 3. The SMILES string of the molecule is CC(C)(C)OC(=O)N1C2CCC1c1c(F)cncc12. The Balaban J connectivity index is 1.93. The molecule has 3 heterocycles. The highest BCUT2D eigenvalue weighted by Crippen LogP contribution is 2.53. The first-order valence-corrected chi connectivity index (χ1v) is 6.53. The molecule has 102 valence electrons. The van der Waals surface area contributed by atoms with Crippen molar-refractivity contribution in [2.45, 2.75) is 51.3 Å². The molecule has 1 saturated heterocycles. The minimum atomic E-state index is -0.540. The molecule has 0 spiro atoms. The first kappa shape index (κ1) is 12.4. The molecular formula is C14H17FN2O2. The van der Waals surface area contributed by atoms with Crippen LogP contribution in [0.25, 0.3) is 0 Å². The molecule has 5 heteroatoms. The number of amides is 1. The van der Waals surface area contributed by atoms with Gasteiger partial charge >= 0.3 is 6.09 Å². The zero-order valence-electron chi connectivity index (χ0n) is 11.3. The van der Waals surface area contributed by atoms with Gasteiger partial charge in [0.25, 0.3) is 0 Å². The van der Waals surface area contributed by atoms with E-state index in [0.717, 1.165) is 18.4 Å². The predicted molar refractivity (Wildman–Crippen MR) is 67.0 cm³/mol. The highest BCUT2D eigenvalue weighted by Gasteiger charge is 2.49. The third-order valence-corrected chi connectivity index (χ3v) is 3.65. The minimum absolute atomic E-state index is 0.0851. The first-order valence-electron chi connectivity index (χ1n) is 6.53. The maximum Gasteiger partial charge on any atom is 0.411 e. The molecule has 2 atom stereocenters. The van der Waals surface area contributed by atoms with Gasteiger partial charge in [-0.25, -0.2) is 9.18 Å². The van der Waals surface area contributed by atoms with E-state index in [1.54, 1.807) is 11.1 Å². The van der Waals surface area contributed by atoms with Crippen LogP contribution < -0.4 is 0 Å². The molecule has 4 nitrogen and oxygen atoms in total. The maximum absolute atomic E-state index is 13.9. The third kappa shape index (κ3) is 1.88. The quantitative estimate of drug-likeness (QED) is 0.721. The van der Waals surface area contributed by atoms with Crippen LogP contribution in [0.5, 0.6) is 0 Å². The lowest BCUT2D eigenvalue weighted by Gasteiger charge is -2.27. The van der Waals surface area contributed by atoms with Crippen molar-refractivity contribution in [3.05, 3.63) is 29.3 Å². The van der Waals surface area contributed by atoms with Gasteiger partial charge in [-0.05, 0) is 33.6 Å². The van der Waals surface area contributed by atoms with Gasteiger partial charge < -0.3 is 4.74 Å². The van der Waals surface area contributed by atoms with E-state index in [4.69, 9.17) is 4.74 Å². The zero-order chi connectivity index (χ0) is 13.8. The van der Waals surface area contributed by atoms with Crippen LogP contribution >= 0.6 is 0 Å². The number of hydrogen-bond donors (Lipinski definition) is 0. The summed E-state index contributed by atoms with van der Waals surface area (Å²) >= 11 is 0. The summed E-state index contributed by atoms with van der Waals surface area (Å²) in [5, 5.41) is 0. The van der Waals surface area contributed by atoms with Crippen LogP contribution in [0, 0.1) is 5.82 Å². The highest BCUT2D eigenvalue weighted by atomic mass is 19.1. The summed E-state index contributed by atoms with van der Waals surface area (Å²) < 4.78 is 19.3. The van der Waals surface area contributed by atoms with Crippen molar-refractivity contribution in [3.8, 4) is 0 Å². The molecule has 3 rings (SSSR count). The topological polar surface area (TPSA) is 42.4 Å². The Hall–Kier alpha value is -1.65. The van der Waals surface area contributed by atoms with E-state index in [9.17, 15) is 9.18 Å². The maximum atomic E-state index is 13.9. The number of carbonyl (C=O) groups excluding carboxylic acids is 1. The number of carbonyl (C=O) groups is 1. The Morgan fingerprint density at radius 1 is 1.37 bits per heavy atom. The van der Waals surface area contributed by atoms with Gasteiger partial charge in [0.05, 0.1) is 18.3 Å². The molecule has 0 aromatic carbocycles.